The molecule has 0 heterocycles. The smallest absolute Gasteiger partial charge is 0.306 e. The topological polar surface area (TPSA) is 94.1 Å². The number of quaternary nitrogens is 1. The summed E-state index contributed by atoms with van der Waals surface area (Å²) in [5, 5.41) is 0. The minimum Gasteiger partial charge on any atom is -0.756 e. The number of carbonyl (C=O) groups is 1. The molecule has 0 rings (SSSR count). The van der Waals surface area contributed by atoms with E-state index >= 15 is 0 Å². The Kier molecular flexibility index (Phi) is 35.9. The quantitative estimate of drug-likeness (QED) is 0.0203. The zero-order valence-corrected chi connectivity index (χ0v) is 35.6. The van der Waals surface area contributed by atoms with Crippen LogP contribution in [-0.2, 0) is 27.9 Å². The summed E-state index contributed by atoms with van der Waals surface area (Å²) >= 11 is 0. The van der Waals surface area contributed by atoms with Gasteiger partial charge >= 0.3 is 5.97 Å². The number of esters is 1. The number of rotatable bonds is 38. The van der Waals surface area contributed by atoms with Crippen molar-refractivity contribution in [3.63, 3.8) is 0 Å². The molecule has 9 heteroatoms. The molecule has 308 valence electrons. The van der Waals surface area contributed by atoms with E-state index in [0.29, 0.717) is 17.6 Å². The molecule has 0 aromatic rings. The average Bonchev–Trinajstić information content (AvgIpc) is 3.11. The van der Waals surface area contributed by atoms with Crippen LogP contribution in [-0.4, -0.2) is 70.7 Å². The second-order valence-electron chi connectivity index (χ2n) is 15.0. The number of allylic oxidation sites excluding steroid dienone is 10. The zero-order chi connectivity index (χ0) is 39.1. The highest BCUT2D eigenvalue weighted by atomic mass is 31.2. The van der Waals surface area contributed by atoms with Gasteiger partial charge in [0.15, 0.2) is 0 Å². The van der Waals surface area contributed by atoms with Gasteiger partial charge in [-0.3, -0.25) is 9.36 Å². The van der Waals surface area contributed by atoms with Crippen molar-refractivity contribution in [3.05, 3.63) is 60.8 Å². The van der Waals surface area contributed by atoms with Crippen molar-refractivity contribution in [3.8, 4) is 0 Å². The molecular formula is C44H80NO7P. The number of hydrogen-bond acceptors (Lipinski definition) is 7. The van der Waals surface area contributed by atoms with Crippen LogP contribution in [0.3, 0.4) is 0 Å². The first-order valence-electron chi connectivity index (χ1n) is 21.0. The molecule has 0 amide bonds. The van der Waals surface area contributed by atoms with E-state index in [1.807, 2.05) is 21.1 Å². The SMILES string of the molecule is CC/C=C\C/C=C\C/C=C\CCCCCCCC(=O)OC(COCCCCCCCC/C=C\C/C=C\CCCCC)COP(=O)([O-])OCC[N+](C)(C)C. The minimum atomic E-state index is -4.53. The summed E-state index contributed by atoms with van der Waals surface area (Å²) in [6.45, 7) is 5.21. The number of likely N-dealkylation sites (N-methyl/N-ethyl adjacent to an activating group) is 1. The molecule has 8 nitrogen and oxygen atoms in total. The van der Waals surface area contributed by atoms with E-state index in [0.717, 1.165) is 89.9 Å². The molecule has 0 saturated heterocycles. The Labute approximate surface area is 326 Å². The molecule has 0 aliphatic heterocycles. The summed E-state index contributed by atoms with van der Waals surface area (Å²) < 4.78 is 34.5. The Hall–Kier alpha value is -1.80. The molecule has 0 spiro atoms. The van der Waals surface area contributed by atoms with E-state index in [1.54, 1.807) is 0 Å². The summed E-state index contributed by atoms with van der Waals surface area (Å²) in [5.41, 5.74) is 0. The van der Waals surface area contributed by atoms with Gasteiger partial charge in [-0.2, -0.15) is 0 Å². The molecule has 0 N–H and O–H groups in total. The van der Waals surface area contributed by atoms with Gasteiger partial charge in [-0.05, 0) is 77.0 Å². The standard InChI is InChI=1S/C44H80NO7P/c1-6-8-10-12-14-16-18-20-22-24-26-28-30-32-34-36-39-49-41-43(42-51-53(47,48)50-40-38-45(3,4)5)52-44(46)37-35-33-31-29-27-25-23-21-19-17-15-13-11-9-7-2/h9,11,14-17,20-23,43H,6-8,10,12-13,18-19,24-42H2,1-5H3/b11-9-,16-14-,17-15-,22-20-,23-21-. The van der Waals surface area contributed by atoms with Crippen molar-refractivity contribution in [2.45, 2.75) is 161 Å². The van der Waals surface area contributed by atoms with Crippen LogP contribution in [0.4, 0.5) is 0 Å². The number of carbonyl (C=O) groups excluding carboxylic acids is 1. The largest absolute Gasteiger partial charge is 0.756 e. The normalized spacial score (nSPS) is 14.5. The first-order chi connectivity index (χ1) is 25.6. The second kappa shape index (κ2) is 37.1. The predicted octanol–water partition coefficient (Wildman–Crippen LogP) is 11.5. The third-order valence-corrected chi connectivity index (χ3v) is 9.52. The van der Waals surface area contributed by atoms with Crippen LogP contribution in [0.25, 0.3) is 0 Å². The average molecular weight is 766 g/mol. The Morgan fingerprint density at radius 3 is 1.64 bits per heavy atom. The maximum absolute atomic E-state index is 12.6. The van der Waals surface area contributed by atoms with Crippen LogP contribution in [0, 0.1) is 0 Å². The molecule has 2 unspecified atom stereocenters. The first kappa shape index (κ1) is 51.2. The lowest BCUT2D eigenvalue weighted by atomic mass is 10.1. The molecule has 0 aliphatic rings. The lowest BCUT2D eigenvalue weighted by molar-refractivity contribution is -0.870. The highest BCUT2D eigenvalue weighted by molar-refractivity contribution is 7.45. The van der Waals surface area contributed by atoms with Gasteiger partial charge in [-0.25, -0.2) is 0 Å². The molecule has 0 bridgehead atoms. The fourth-order valence-corrected chi connectivity index (χ4v) is 6.02. The van der Waals surface area contributed by atoms with E-state index in [9.17, 15) is 14.3 Å². The Morgan fingerprint density at radius 1 is 0.604 bits per heavy atom. The molecule has 2 atom stereocenters. The number of phosphoric acid groups is 1. The van der Waals surface area contributed by atoms with Crippen LogP contribution in [0.5, 0.6) is 0 Å². The van der Waals surface area contributed by atoms with Gasteiger partial charge < -0.3 is 27.9 Å². The molecule has 0 radical (unpaired) electrons. The van der Waals surface area contributed by atoms with Gasteiger partial charge in [0, 0.05) is 13.0 Å². The van der Waals surface area contributed by atoms with Crippen LogP contribution in [0.1, 0.15) is 155 Å². The molecule has 0 aromatic carbocycles. The molecular weight excluding hydrogens is 685 g/mol. The summed E-state index contributed by atoms with van der Waals surface area (Å²) in [7, 11) is 1.33. The third-order valence-electron chi connectivity index (χ3n) is 8.55. The number of nitrogens with zero attached hydrogens (tertiary/aromatic N) is 1. The lowest BCUT2D eigenvalue weighted by Gasteiger charge is -2.28. The zero-order valence-electron chi connectivity index (χ0n) is 34.7. The van der Waals surface area contributed by atoms with Crippen molar-refractivity contribution in [2.75, 3.05) is 54.1 Å². The van der Waals surface area contributed by atoms with Gasteiger partial charge in [0.05, 0.1) is 34.4 Å². The maximum atomic E-state index is 12.6. The molecule has 0 aliphatic carbocycles. The summed E-state index contributed by atoms with van der Waals surface area (Å²) in [6.07, 6.45) is 45.1. The summed E-state index contributed by atoms with van der Waals surface area (Å²) in [4.78, 5) is 25.0. The first-order valence-corrected chi connectivity index (χ1v) is 22.5. The van der Waals surface area contributed by atoms with Crippen molar-refractivity contribution >= 4 is 13.8 Å². The van der Waals surface area contributed by atoms with Crippen molar-refractivity contribution in [2.24, 2.45) is 0 Å². The number of phosphoric ester groups is 1. The van der Waals surface area contributed by atoms with E-state index in [-0.39, 0.29) is 32.2 Å². The van der Waals surface area contributed by atoms with Crippen molar-refractivity contribution in [1.82, 2.24) is 0 Å². The Bertz CT molecular complexity index is 1030. The highest BCUT2D eigenvalue weighted by Crippen LogP contribution is 2.38. The van der Waals surface area contributed by atoms with Crippen molar-refractivity contribution in [1.29, 1.82) is 0 Å². The Morgan fingerprint density at radius 2 is 1.09 bits per heavy atom. The van der Waals surface area contributed by atoms with Gasteiger partial charge in [0.25, 0.3) is 7.82 Å². The van der Waals surface area contributed by atoms with Crippen LogP contribution < -0.4 is 4.89 Å². The monoisotopic (exact) mass is 766 g/mol. The van der Waals surface area contributed by atoms with E-state index in [1.165, 1.54) is 44.9 Å². The molecule has 0 fully saturated rings. The number of hydrogen-bond donors (Lipinski definition) is 0. The van der Waals surface area contributed by atoms with E-state index in [2.05, 4.69) is 74.6 Å². The van der Waals surface area contributed by atoms with Crippen LogP contribution in [0.15, 0.2) is 60.8 Å². The molecule has 0 aromatic heterocycles. The third kappa shape index (κ3) is 41.2. The van der Waals surface area contributed by atoms with E-state index < -0.39 is 13.9 Å². The Balaban J connectivity index is 4.32. The van der Waals surface area contributed by atoms with Crippen molar-refractivity contribution < 1.29 is 37.3 Å². The lowest BCUT2D eigenvalue weighted by Crippen LogP contribution is -2.37. The van der Waals surface area contributed by atoms with Crippen LogP contribution >= 0.6 is 7.82 Å². The minimum absolute atomic E-state index is 0.0175. The highest BCUT2D eigenvalue weighted by Gasteiger charge is 2.20. The molecule has 0 saturated carbocycles. The fraction of sp³-hybridized carbons (Fsp3) is 0.750. The number of ether oxygens (including phenoxy) is 2. The van der Waals surface area contributed by atoms with Gasteiger partial charge in [-0.15, -0.1) is 0 Å². The predicted molar refractivity (Wildman–Crippen MR) is 222 cm³/mol. The maximum Gasteiger partial charge on any atom is 0.306 e. The van der Waals surface area contributed by atoms with E-state index in [4.69, 9.17) is 18.5 Å². The van der Waals surface area contributed by atoms with Gasteiger partial charge in [-0.1, -0.05) is 132 Å². The number of unbranched alkanes of at least 4 members (excludes halogenated alkanes) is 14. The second-order valence-corrected chi connectivity index (χ2v) is 16.4. The van der Waals surface area contributed by atoms with Gasteiger partial charge in [0.2, 0.25) is 0 Å². The molecule has 53 heavy (non-hydrogen) atoms. The van der Waals surface area contributed by atoms with Gasteiger partial charge in [0.1, 0.15) is 19.3 Å². The summed E-state index contributed by atoms with van der Waals surface area (Å²) in [6, 6.07) is 0. The van der Waals surface area contributed by atoms with Crippen LogP contribution in [0.2, 0.25) is 0 Å². The fourth-order valence-electron chi connectivity index (χ4n) is 5.29. The summed E-state index contributed by atoms with van der Waals surface area (Å²) in [5.74, 6) is -0.358.